The van der Waals surface area contributed by atoms with Gasteiger partial charge >= 0.3 is 12.0 Å². The number of aromatic amines is 1. The summed E-state index contributed by atoms with van der Waals surface area (Å²) in [4.78, 5) is 34.2. The van der Waals surface area contributed by atoms with Gasteiger partial charge in [-0.15, -0.1) is 0 Å². The SMILES string of the molecule is COC(=O)C(CCSC)NC(=O)N1CCc2[nH]cnc2C1c1cccc(F)c1. The van der Waals surface area contributed by atoms with E-state index in [-0.39, 0.29) is 5.82 Å². The fourth-order valence-corrected chi connectivity index (χ4v) is 3.84. The van der Waals surface area contributed by atoms with Crippen LogP contribution in [0.4, 0.5) is 9.18 Å². The maximum atomic E-state index is 13.8. The predicted molar refractivity (Wildman–Crippen MR) is 105 cm³/mol. The van der Waals surface area contributed by atoms with E-state index >= 15 is 0 Å². The van der Waals surface area contributed by atoms with Crippen LogP contribution in [-0.2, 0) is 16.0 Å². The molecule has 0 spiro atoms. The van der Waals surface area contributed by atoms with E-state index in [0.29, 0.717) is 36.4 Å². The van der Waals surface area contributed by atoms with Crippen molar-refractivity contribution in [1.29, 1.82) is 0 Å². The van der Waals surface area contributed by atoms with E-state index in [1.807, 2.05) is 6.26 Å². The molecule has 1 aliphatic rings. The van der Waals surface area contributed by atoms with Gasteiger partial charge in [-0.2, -0.15) is 11.8 Å². The van der Waals surface area contributed by atoms with Crippen molar-refractivity contribution in [1.82, 2.24) is 20.2 Å². The summed E-state index contributed by atoms with van der Waals surface area (Å²) in [6, 6.07) is 4.46. The number of nitrogens with one attached hydrogen (secondary N) is 2. The van der Waals surface area contributed by atoms with Gasteiger partial charge in [0.25, 0.3) is 0 Å². The number of fused-ring (bicyclic) bond motifs is 1. The number of rotatable bonds is 6. The Morgan fingerprint density at radius 2 is 2.32 bits per heavy atom. The number of H-pyrrole nitrogens is 1. The van der Waals surface area contributed by atoms with Crippen LogP contribution in [0.2, 0.25) is 0 Å². The number of nitrogens with zero attached hydrogens (tertiary/aromatic N) is 2. The van der Waals surface area contributed by atoms with Crippen LogP contribution in [0, 0.1) is 5.82 Å². The zero-order valence-electron chi connectivity index (χ0n) is 15.8. The Balaban J connectivity index is 1.88. The highest BCUT2D eigenvalue weighted by molar-refractivity contribution is 7.98. The minimum absolute atomic E-state index is 0.382. The maximum Gasteiger partial charge on any atom is 0.328 e. The van der Waals surface area contributed by atoms with Crippen LogP contribution in [0.5, 0.6) is 0 Å². The number of hydrogen-bond donors (Lipinski definition) is 2. The second-order valence-electron chi connectivity index (χ2n) is 6.47. The summed E-state index contributed by atoms with van der Waals surface area (Å²) in [5.74, 6) is -0.160. The monoisotopic (exact) mass is 406 g/mol. The van der Waals surface area contributed by atoms with Crippen LogP contribution in [0.25, 0.3) is 0 Å². The lowest BCUT2D eigenvalue weighted by Gasteiger charge is -2.36. The Bertz CT molecular complexity index is 844. The summed E-state index contributed by atoms with van der Waals surface area (Å²) >= 11 is 1.58. The minimum atomic E-state index is -0.737. The average molecular weight is 406 g/mol. The fourth-order valence-electron chi connectivity index (χ4n) is 3.37. The van der Waals surface area contributed by atoms with Gasteiger partial charge in [-0.05, 0) is 36.1 Å². The van der Waals surface area contributed by atoms with E-state index in [0.717, 1.165) is 5.69 Å². The summed E-state index contributed by atoms with van der Waals surface area (Å²) in [5, 5.41) is 2.78. The molecular formula is C19H23FN4O3S. The number of thioether (sulfide) groups is 1. The second-order valence-corrected chi connectivity index (χ2v) is 7.46. The molecule has 0 bridgehead atoms. The first-order valence-electron chi connectivity index (χ1n) is 8.96. The largest absolute Gasteiger partial charge is 0.467 e. The molecule has 1 aliphatic heterocycles. The van der Waals surface area contributed by atoms with Crippen LogP contribution in [0.3, 0.4) is 0 Å². The highest BCUT2D eigenvalue weighted by Gasteiger charge is 2.35. The van der Waals surface area contributed by atoms with E-state index in [4.69, 9.17) is 4.74 Å². The number of carbonyl (C=O) groups is 2. The Kier molecular flexibility index (Phi) is 6.56. The second kappa shape index (κ2) is 9.09. The maximum absolute atomic E-state index is 13.8. The van der Waals surface area contributed by atoms with Gasteiger partial charge in [0.1, 0.15) is 17.9 Å². The number of aromatic nitrogens is 2. The molecule has 2 atom stereocenters. The number of carbonyl (C=O) groups excluding carboxylic acids is 2. The third-order valence-corrected chi connectivity index (χ3v) is 5.39. The number of esters is 1. The molecule has 2 aromatic rings. The fraction of sp³-hybridized carbons (Fsp3) is 0.421. The first-order valence-corrected chi connectivity index (χ1v) is 10.4. The van der Waals surface area contributed by atoms with Gasteiger partial charge in [-0.25, -0.2) is 19.0 Å². The summed E-state index contributed by atoms with van der Waals surface area (Å²) in [7, 11) is 1.30. The standard InChI is InChI=1S/C19H23FN4O3S/c1-27-18(25)15(7-9-28-2)23-19(26)24-8-6-14-16(22-11-21-14)17(24)12-4-3-5-13(20)10-12/h3-5,10-11,15,17H,6-9H2,1-2H3,(H,21,22)(H,23,26). The topological polar surface area (TPSA) is 87.3 Å². The Labute approximate surface area is 167 Å². The van der Waals surface area contributed by atoms with Crippen molar-refractivity contribution in [3.8, 4) is 0 Å². The van der Waals surface area contributed by atoms with E-state index in [1.54, 1.807) is 35.1 Å². The number of halogens is 1. The van der Waals surface area contributed by atoms with E-state index in [9.17, 15) is 14.0 Å². The lowest BCUT2D eigenvalue weighted by Crippen LogP contribution is -2.51. The van der Waals surface area contributed by atoms with E-state index < -0.39 is 24.1 Å². The number of ether oxygens (including phenoxy) is 1. The highest BCUT2D eigenvalue weighted by atomic mass is 32.2. The molecule has 0 saturated heterocycles. The minimum Gasteiger partial charge on any atom is -0.467 e. The van der Waals surface area contributed by atoms with Gasteiger partial charge in [-0.3, -0.25) is 0 Å². The van der Waals surface area contributed by atoms with Gasteiger partial charge < -0.3 is 19.9 Å². The molecule has 0 radical (unpaired) electrons. The van der Waals surface area contributed by atoms with Crippen LogP contribution in [-0.4, -0.2) is 58.6 Å². The molecule has 150 valence electrons. The van der Waals surface area contributed by atoms with Crippen LogP contribution < -0.4 is 5.32 Å². The van der Waals surface area contributed by atoms with E-state index in [1.165, 1.54) is 19.2 Å². The van der Waals surface area contributed by atoms with Crippen molar-refractivity contribution in [2.45, 2.75) is 24.9 Å². The lowest BCUT2D eigenvalue weighted by atomic mass is 9.96. The first kappa shape index (κ1) is 20.2. The third-order valence-electron chi connectivity index (χ3n) is 4.74. The van der Waals surface area contributed by atoms with Gasteiger partial charge in [0.2, 0.25) is 0 Å². The smallest absolute Gasteiger partial charge is 0.328 e. The third kappa shape index (κ3) is 4.30. The van der Waals surface area contributed by atoms with Gasteiger partial charge in [-0.1, -0.05) is 12.1 Å². The molecule has 0 aliphatic carbocycles. The molecule has 2 heterocycles. The van der Waals surface area contributed by atoms with Crippen molar-refractivity contribution >= 4 is 23.8 Å². The average Bonchev–Trinajstić information content (AvgIpc) is 3.18. The number of hydrogen-bond acceptors (Lipinski definition) is 5. The first-order chi connectivity index (χ1) is 13.5. The normalized spacial score (nSPS) is 17.0. The molecule has 1 aromatic heterocycles. The number of amides is 2. The molecule has 1 aromatic carbocycles. The molecule has 0 fully saturated rings. The summed E-state index contributed by atoms with van der Waals surface area (Å²) in [6.07, 6.45) is 4.57. The predicted octanol–water partition coefficient (Wildman–Crippen LogP) is 2.50. The number of imidazole rings is 1. The molecular weight excluding hydrogens is 383 g/mol. The van der Waals surface area contributed by atoms with Crippen molar-refractivity contribution < 1.29 is 18.7 Å². The van der Waals surface area contributed by atoms with Crippen LogP contribution in [0.15, 0.2) is 30.6 Å². The van der Waals surface area contributed by atoms with Crippen LogP contribution >= 0.6 is 11.8 Å². The van der Waals surface area contributed by atoms with Gasteiger partial charge in [0, 0.05) is 18.7 Å². The van der Waals surface area contributed by atoms with Gasteiger partial charge in [0.15, 0.2) is 0 Å². The molecule has 28 heavy (non-hydrogen) atoms. The lowest BCUT2D eigenvalue weighted by molar-refractivity contribution is -0.142. The molecule has 9 heteroatoms. The van der Waals surface area contributed by atoms with Crippen molar-refractivity contribution in [2.24, 2.45) is 0 Å². The van der Waals surface area contributed by atoms with Crippen molar-refractivity contribution in [3.63, 3.8) is 0 Å². The number of methoxy groups -OCH3 is 1. The quantitative estimate of drug-likeness (QED) is 0.720. The zero-order valence-corrected chi connectivity index (χ0v) is 16.6. The van der Waals surface area contributed by atoms with Crippen molar-refractivity contribution in [2.75, 3.05) is 25.7 Å². The summed E-state index contributed by atoms with van der Waals surface area (Å²) in [5.41, 5.74) is 2.23. The molecule has 2 amide bonds. The molecule has 2 unspecified atom stereocenters. The number of benzene rings is 1. The number of urea groups is 1. The summed E-state index contributed by atoms with van der Waals surface area (Å²) in [6.45, 7) is 0.415. The highest BCUT2D eigenvalue weighted by Crippen LogP contribution is 2.33. The molecule has 0 saturated carbocycles. The zero-order chi connectivity index (χ0) is 20.1. The molecule has 7 nitrogen and oxygen atoms in total. The summed E-state index contributed by atoms with van der Waals surface area (Å²) < 4.78 is 18.7. The Morgan fingerprint density at radius 1 is 1.50 bits per heavy atom. The Hall–Kier alpha value is -2.55. The van der Waals surface area contributed by atoms with E-state index in [2.05, 4.69) is 15.3 Å². The van der Waals surface area contributed by atoms with Gasteiger partial charge in [0.05, 0.1) is 19.1 Å². The van der Waals surface area contributed by atoms with Crippen LogP contribution in [0.1, 0.15) is 29.4 Å². The molecule has 2 N–H and O–H groups in total. The Morgan fingerprint density at radius 3 is 3.04 bits per heavy atom. The van der Waals surface area contributed by atoms with Crippen molar-refractivity contribution in [3.05, 3.63) is 53.4 Å². The molecule has 3 rings (SSSR count).